The second-order valence-electron chi connectivity index (χ2n) is 5.64. The van der Waals surface area contributed by atoms with Gasteiger partial charge in [0, 0.05) is 12.1 Å². The predicted octanol–water partition coefficient (Wildman–Crippen LogP) is 3.37. The van der Waals surface area contributed by atoms with E-state index in [1.54, 1.807) is 0 Å². The lowest BCUT2D eigenvalue weighted by Gasteiger charge is -2.38. The van der Waals surface area contributed by atoms with E-state index in [4.69, 9.17) is 0 Å². The summed E-state index contributed by atoms with van der Waals surface area (Å²) in [5.41, 5.74) is 2.52. The lowest BCUT2D eigenvalue weighted by molar-refractivity contribution is 0.139. The van der Waals surface area contributed by atoms with E-state index in [1.165, 1.54) is 30.5 Å². The first kappa shape index (κ1) is 13.4. The lowest BCUT2D eigenvalue weighted by Crippen LogP contribution is -2.44. The first-order valence-electron chi connectivity index (χ1n) is 7.19. The van der Waals surface area contributed by atoms with Gasteiger partial charge in [-0.3, -0.25) is 4.90 Å². The third kappa shape index (κ3) is 2.69. The van der Waals surface area contributed by atoms with Gasteiger partial charge in [0.15, 0.2) is 0 Å². The molecule has 0 heterocycles. The van der Waals surface area contributed by atoms with Crippen LogP contribution in [0.1, 0.15) is 44.7 Å². The Hall–Kier alpha value is -1.02. The van der Waals surface area contributed by atoms with E-state index in [2.05, 4.69) is 31.7 Å². The molecule has 0 radical (unpaired) electrons. The van der Waals surface area contributed by atoms with Crippen molar-refractivity contribution in [2.45, 2.75) is 58.5 Å². The standard InChI is InChI=1S/C16H25NO/c1-4-10-17(12(2)3)14-8-9-15-13(11-14)6-5-7-16(15)18/h5-7,12,14,18H,4,8-11H2,1-3H3/t14-/m0/s1. The number of rotatable bonds is 4. The highest BCUT2D eigenvalue weighted by Crippen LogP contribution is 2.31. The van der Waals surface area contributed by atoms with Crippen molar-refractivity contribution in [2.75, 3.05) is 6.54 Å². The minimum absolute atomic E-state index is 0.484. The monoisotopic (exact) mass is 247 g/mol. The van der Waals surface area contributed by atoms with Gasteiger partial charge in [-0.15, -0.1) is 0 Å². The number of hydrogen-bond donors (Lipinski definition) is 1. The molecule has 0 amide bonds. The Bertz CT molecular complexity index is 400. The van der Waals surface area contributed by atoms with Crippen LogP contribution in [-0.2, 0) is 12.8 Å². The van der Waals surface area contributed by atoms with E-state index in [1.807, 2.05) is 12.1 Å². The van der Waals surface area contributed by atoms with Crippen molar-refractivity contribution in [2.24, 2.45) is 0 Å². The molecule has 2 heteroatoms. The number of benzene rings is 1. The molecule has 2 nitrogen and oxygen atoms in total. The van der Waals surface area contributed by atoms with Crippen LogP contribution in [0.2, 0.25) is 0 Å². The average Bonchev–Trinajstić information content (AvgIpc) is 2.35. The normalized spacial score (nSPS) is 19.3. The van der Waals surface area contributed by atoms with E-state index in [9.17, 15) is 5.11 Å². The van der Waals surface area contributed by atoms with Crippen LogP contribution in [0.25, 0.3) is 0 Å². The van der Waals surface area contributed by atoms with Crippen molar-refractivity contribution >= 4 is 0 Å². The highest BCUT2D eigenvalue weighted by Gasteiger charge is 2.26. The molecular formula is C16H25NO. The molecule has 0 aromatic heterocycles. The van der Waals surface area contributed by atoms with Crippen molar-refractivity contribution in [1.82, 2.24) is 4.90 Å². The molecule has 2 rings (SSSR count). The Morgan fingerprint density at radius 2 is 2.17 bits per heavy atom. The predicted molar refractivity (Wildman–Crippen MR) is 76.1 cm³/mol. The molecule has 0 bridgehead atoms. The van der Waals surface area contributed by atoms with Crippen LogP contribution in [0.4, 0.5) is 0 Å². The molecule has 0 saturated carbocycles. The summed E-state index contributed by atoms with van der Waals surface area (Å²) >= 11 is 0. The smallest absolute Gasteiger partial charge is 0.119 e. The van der Waals surface area contributed by atoms with Crippen molar-refractivity contribution in [3.63, 3.8) is 0 Å². The van der Waals surface area contributed by atoms with Crippen LogP contribution in [0.5, 0.6) is 5.75 Å². The second kappa shape index (κ2) is 5.75. The fraction of sp³-hybridized carbons (Fsp3) is 0.625. The van der Waals surface area contributed by atoms with Crippen LogP contribution in [0.15, 0.2) is 18.2 Å². The van der Waals surface area contributed by atoms with Gasteiger partial charge in [-0.05, 0) is 63.3 Å². The summed E-state index contributed by atoms with van der Waals surface area (Å²) in [7, 11) is 0. The summed E-state index contributed by atoms with van der Waals surface area (Å²) in [5.74, 6) is 0.484. The molecule has 1 aromatic carbocycles. The van der Waals surface area contributed by atoms with E-state index < -0.39 is 0 Å². The Morgan fingerprint density at radius 1 is 1.39 bits per heavy atom. The maximum Gasteiger partial charge on any atom is 0.119 e. The number of phenols is 1. The summed E-state index contributed by atoms with van der Waals surface area (Å²) in [6.45, 7) is 8.00. The summed E-state index contributed by atoms with van der Waals surface area (Å²) in [6, 6.07) is 7.20. The van der Waals surface area contributed by atoms with E-state index in [0.717, 1.165) is 12.8 Å². The van der Waals surface area contributed by atoms with Crippen LogP contribution in [0.3, 0.4) is 0 Å². The zero-order valence-corrected chi connectivity index (χ0v) is 11.8. The third-order valence-corrected chi connectivity index (χ3v) is 4.05. The van der Waals surface area contributed by atoms with Crippen LogP contribution < -0.4 is 0 Å². The molecule has 1 aliphatic carbocycles. The summed E-state index contributed by atoms with van der Waals surface area (Å²) in [4.78, 5) is 2.62. The first-order chi connectivity index (χ1) is 8.63. The Balaban J connectivity index is 2.15. The minimum Gasteiger partial charge on any atom is -0.508 e. The molecule has 0 aliphatic heterocycles. The maximum absolute atomic E-state index is 9.88. The van der Waals surface area contributed by atoms with Crippen LogP contribution in [-0.4, -0.2) is 28.6 Å². The second-order valence-corrected chi connectivity index (χ2v) is 5.64. The molecule has 100 valence electrons. The van der Waals surface area contributed by atoms with Gasteiger partial charge in [-0.2, -0.15) is 0 Å². The Morgan fingerprint density at radius 3 is 2.83 bits per heavy atom. The highest BCUT2D eigenvalue weighted by molar-refractivity contribution is 5.41. The van der Waals surface area contributed by atoms with Gasteiger partial charge in [0.05, 0.1) is 0 Å². The topological polar surface area (TPSA) is 23.5 Å². The molecule has 18 heavy (non-hydrogen) atoms. The number of aromatic hydroxyl groups is 1. The Labute approximate surface area is 111 Å². The highest BCUT2D eigenvalue weighted by atomic mass is 16.3. The summed E-state index contributed by atoms with van der Waals surface area (Å²) in [6.07, 6.45) is 4.48. The number of fused-ring (bicyclic) bond motifs is 1. The summed E-state index contributed by atoms with van der Waals surface area (Å²) < 4.78 is 0. The SMILES string of the molecule is CCCN(C(C)C)[C@H]1CCc2c(O)cccc2C1. The van der Waals surface area contributed by atoms with Gasteiger partial charge >= 0.3 is 0 Å². The zero-order valence-electron chi connectivity index (χ0n) is 11.8. The van der Waals surface area contributed by atoms with Crippen molar-refractivity contribution in [3.8, 4) is 5.75 Å². The third-order valence-electron chi connectivity index (χ3n) is 4.05. The van der Waals surface area contributed by atoms with Gasteiger partial charge < -0.3 is 5.11 Å². The van der Waals surface area contributed by atoms with Gasteiger partial charge in [-0.1, -0.05) is 19.1 Å². The largest absolute Gasteiger partial charge is 0.508 e. The molecular weight excluding hydrogens is 222 g/mol. The van der Waals surface area contributed by atoms with Crippen LogP contribution >= 0.6 is 0 Å². The fourth-order valence-electron chi connectivity index (χ4n) is 3.17. The van der Waals surface area contributed by atoms with E-state index in [0.29, 0.717) is 17.8 Å². The molecule has 0 saturated heterocycles. The lowest BCUT2D eigenvalue weighted by atomic mass is 9.86. The molecule has 0 unspecified atom stereocenters. The number of hydrogen-bond acceptors (Lipinski definition) is 2. The summed E-state index contributed by atoms with van der Waals surface area (Å²) in [5, 5.41) is 9.88. The van der Waals surface area contributed by atoms with E-state index in [-0.39, 0.29) is 0 Å². The van der Waals surface area contributed by atoms with Gasteiger partial charge in [0.1, 0.15) is 5.75 Å². The van der Waals surface area contributed by atoms with Crippen molar-refractivity contribution < 1.29 is 5.11 Å². The number of nitrogens with zero attached hydrogens (tertiary/aromatic N) is 1. The molecule has 1 aliphatic rings. The van der Waals surface area contributed by atoms with E-state index >= 15 is 0 Å². The Kier molecular flexibility index (Phi) is 4.28. The first-order valence-corrected chi connectivity index (χ1v) is 7.19. The van der Waals surface area contributed by atoms with Crippen LogP contribution in [0, 0.1) is 0 Å². The maximum atomic E-state index is 9.88. The molecule has 1 N–H and O–H groups in total. The zero-order chi connectivity index (χ0) is 13.1. The minimum atomic E-state index is 0.484. The van der Waals surface area contributed by atoms with Gasteiger partial charge in [0.25, 0.3) is 0 Å². The quantitative estimate of drug-likeness (QED) is 0.881. The number of phenolic OH excluding ortho intramolecular Hbond substituents is 1. The van der Waals surface area contributed by atoms with Gasteiger partial charge in [0.2, 0.25) is 0 Å². The molecule has 0 fully saturated rings. The molecule has 0 spiro atoms. The van der Waals surface area contributed by atoms with Crippen molar-refractivity contribution in [1.29, 1.82) is 0 Å². The van der Waals surface area contributed by atoms with Gasteiger partial charge in [-0.25, -0.2) is 0 Å². The van der Waals surface area contributed by atoms with Crippen molar-refractivity contribution in [3.05, 3.63) is 29.3 Å². The molecule has 1 aromatic rings. The fourth-order valence-corrected chi connectivity index (χ4v) is 3.17. The molecule has 1 atom stereocenters. The average molecular weight is 247 g/mol.